The zero-order chi connectivity index (χ0) is 29.6. The summed E-state index contributed by atoms with van der Waals surface area (Å²) < 4.78 is 15.6. The normalized spacial score (nSPS) is 27.7. The molecule has 9 heteroatoms. The van der Waals surface area contributed by atoms with Gasteiger partial charge < -0.3 is 19.1 Å². The lowest BCUT2D eigenvalue weighted by Gasteiger charge is -2.57. The summed E-state index contributed by atoms with van der Waals surface area (Å²) in [7, 11) is 4.46. The number of rotatable bonds is 9. The lowest BCUT2D eigenvalue weighted by atomic mass is 9.49. The molecule has 7 rings (SSSR count). The number of nitrogens with zero attached hydrogens (tertiary/aromatic N) is 2. The molecule has 222 valence electrons. The lowest BCUT2D eigenvalue weighted by Crippen LogP contribution is -2.58. The Bertz CT molecular complexity index is 1370. The molecule has 5 aliphatic rings. The van der Waals surface area contributed by atoms with Crippen molar-refractivity contribution >= 4 is 29.4 Å². The van der Waals surface area contributed by atoms with Gasteiger partial charge in [0.05, 0.1) is 44.4 Å². The van der Waals surface area contributed by atoms with E-state index in [2.05, 4.69) is 0 Å². The van der Waals surface area contributed by atoms with E-state index < -0.39 is 23.3 Å². The molecule has 0 aromatic heterocycles. The monoisotopic (exact) mass is 574 g/mol. The molecule has 1 unspecified atom stereocenters. The number of hydrogen-bond donors (Lipinski definition) is 0. The van der Waals surface area contributed by atoms with Crippen LogP contribution in [0, 0.1) is 23.2 Å². The van der Waals surface area contributed by atoms with Gasteiger partial charge in [0.25, 0.3) is 5.91 Å². The Morgan fingerprint density at radius 1 is 0.881 bits per heavy atom. The van der Waals surface area contributed by atoms with Gasteiger partial charge in [-0.2, -0.15) is 0 Å². The van der Waals surface area contributed by atoms with E-state index in [4.69, 9.17) is 14.2 Å². The van der Waals surface area contributed by atoms with E-state index in [1.165, 1.54) is 38.5 Å². The summed E-state index contributed by atoms with van der Waals surface area (Å²) >= 11 is 0. The second-order valence-electron chi connectivity index (χ2n) is 12.5. The Hall–Kier alpha value is -3.88. The van der Waals surface area contributed by atoms with Crippen molar-refractivity contribution in [3.05, 3.63) is 53.6 Å². The number of methoxy groups -OCH3 is 3. The molecule has 4 bridgehead atoms. The third-order valence-electron chi connectivity index (χ3n) is 9.89. The Morgan fingerprint density at radius 2 is 1.50 bits per heavy atom. The second kappa shape index (κ2) is 11.1. The number of amides is 3. The topological polar surface area (TPSA) is 102 Å². The van der Waals surface area contributed by atoms with Crippen LogP contribution in [-0.2, 0) is 25.5 Å². The van der Waals surface area contributed by atoms with Crippen LogP contribution in [-0.4, -0.2) is 62.5 Å². The van der Waals surface area contributed by atoms with Gasteiger partial charge in [0.1, 0.15) is 6.04 Å². The number of esters is 1. The van der Waals surface area contributed by atoms with Gasteiger partial charge >= 0.3 is 5.97 Å². The molecule has 42 heavy (non-hydrogen) atoms. The van der Waals surface area contributed by atoms with Crippen LogP contribution in [0.2, 0.25) is 0 Å². The van der Waals surface area contributed by atoms with Crippen molar-refractivity contribution in [2.75, 3.05) is 32.8 Å². The minimum Gasteiger partial charge on any atom is -0.493 e. The van der Waals surface area contributed by atoms with E-state index in [0.29, 0.717) is 53.5 Å². The van der Waals surface area contributed by atoms with Crippen LogP contribution < -0.4 is 14.4 Å². The zero-order valence-corrected chi connectivity index (χ0v) is 24.5. The van der Waals surface area contributed by atoms with Crippen molar-refractivity contribution in [3.8, 4) is 11.5 Å². The molecule has 4 saturated carbocycles. The van der Waals surface area contributed by atoms with Crippen LogP contribution in [0.3, 0.4) is 0 Å². The van der Waals surface area contributed by atoms with E-state index in [1.807, 2.05) is 18.2 Å². The van der Waals surface area contributed by atoms with Crippen LogP contribution in [0.25, 0.3) is 0 Å². The van der Waals surface area contributed by atoms with Crippen molar-refractivity contribution in [3.63, 3.8) is 0 Å². The third-order valence-corrected chi connectivity index (χ3v) is 9.89. The molecule has 0 spiro atoms. The summed E-state index contributed by atoms with van der Waals surface area (Å²) in [5.41, 5.74) is 1.20. The summed E-state index contributed by atoms with van der Waals surface area (Å²) in [6.07, 6.45) is 6.66. The number of carbonyl (C=O) groups excluding carboxylic acids is 4. The minimum absolute atomic E-state index is 0.0242. The molecule has 0 radical (unpaired) electrons. The first-order chi connectivity index (χ1) is 20.2. The summed E-state index contributed by atoms with van der Waals surface area (Å²) in [5.74, 6) is 1.69. The third kappa shape index (κ3) is 4.92. The number of hydrogen-bond acceptors (Lipinski definition) is 7. The summed E-state index contributed by atoms with van der Waals surface area (Å²) in [6, 6.07) is 11.0. The molecular weight excluding hydrogens is 536 g/mol. The predicted octanol–water partition coefficient (Wildman–Crippen LogP) is 4.41. The van der Waals surface area contributed by atoms with E-state index in [0.717, 1.165) is 29.7 Å². The van der Waals surface area contributed by atoms with Crippen molar-refractivity contribution < 1.29 is 33.4 Å². The quantitative estimate of drug-likeness (QED) is 0.323. The fourth-order valence-electron chi connectivity index (χ4n) is 8.36. The summed E-state index contributed by atoms with van der Waals surface area (Å²) in [6.45, 7) is 0.314. The molecule has 2 aromatic rings. The van der Waals surface area contributed by atoms with E-state index in [9.17, 15) is 19.2 Å². The standard InChI is InChI=1S/C33H38N2O7/c1-40-27-9-4-20(15-28(27)41-2)10-11-34(32(39)33-17-21-12-22(18-33)14-23(13-21)19-33)26-16-29(36)35(30(26)37)25-7-5-24(6-8-25)31(38)42-3/h4-9,15,21-23,26H,10-14,16-19H2,1-3H3. The molecule has 3 amide bonds. The highest BCUT2D eigenvalue weighted by Gasteiger charge is 2.57. The minimum atomic E-state index is -0.876. The molecule has 1 saturated heterocycles. The molecular formula is C33H38N2O7. The highest BCUT2D eigenvalue weighted by Crippen LogP contribution is 2.60. The van der Waals surface area contributed by atoms with E-state index >= 15 is 0 Å². The first-order valence-corrected chi connectivity index (χ1v) is 14.8. The molecule has 0 N–H and O–H groups in total. The SMILES string of the molecule is COC(=O)c1ccc(N2C(=O)CC(N(CCc3ccc(OC)c(OC)c3)C(=O)C34CC5CC(CC(C5)C3)C4)C2=O)cc1. The Morgan fingerprint density at radius 3 is 2.07 bits per heavy atom. The van der Waals surface area contributed by atoms with Crippen molar-refractivity contribution in [2.24, 2.45) is 23.2 Å². The van der Waals surface area contributed by atoms with Crippen LogP contribution in [0.4, 0.5) is 5.69 Å². The molecule has 1 atom stereocenters. The number of ether oxygens (including phenoxy) is 3. The lowest BCUT2D eigenvalue weighted by molar-refractivity contribution is -0.161. The molecule has 9 nitrogen and oxygen atoms in total. The molecule has 1 aliphatic heterocycles. The van der Waals surface area contributed by atoms with Crippen LogP contribution in [0.5, 0.6) is 11.5 Å². The average molecular weight is 575 g/mol. The van der Waals surface area contributed by atoms with Gasteiger partial charge in [-0.05, 0) is 105 Å². The number of benzene rings is 2. The first kappa shape index (κ1) is 28.2. The van der Waals surface area contributed by atoms with Crippen LogP contribution in [0.1, 0.15) is 60.9 Å². The maximum absolute atomic E-state index is 14.6. The van der Waals surface area contributed by atoms with Gasteiger partial charge in [-0.15, -0.1) is 0 Å². The Balaban J connectivity index is 1.29. The molecule has 5 fully saturated rings. The van der Waals surface area contributed by atoms with Gasteiger partial charge in [0.2, 0.25) is 11.8 Å². The van der Waals surface area contributed by atoms with E-state index in [-0.39, 0.29) is 18.2 Å². The fraction of sp³-hybridized carbons (Fsp3) is 0.515. The van der Waals surface area contributed by atoms with Gasteiger partial charge in [-0.3, -0.25) is 14.4 Å². The van der Waals surface area contributed by atoms with Gasteiger partial charge in [0, 0.05) is 6.54 Å². The number of imide groups is 1. The molecule has 2 aromatic carbocycles. The maximum Gasteiger partial charge on any atom is 0.337 e. The maximum atomic E-state index is 14.6. The summed E-state index contributed by atoms with van der Waals surface area (Å²) in [5, 5.41) is 0. The van der Waals surface area contributed by atoms with Crippen molar-refractivity contribution in [1.82, 2.24) is 4.90 Å². The highest BCUT2D eigenvalue weighted by atomic mass is 16.5. The van der Waals surface area contributed by atoms with Crippen LogP contribution >= 0.6 is 0 Å². The second-order valence-corrected chi connectivity index (χ2v) is 12.5. The van der Waals surface area contributed by atoms with Gasteiger partial charge in [-0.25, -0.2) is 9.69 Å². The van der Waals surface area contributed by atoms with Crippen LogP contribution in [0.15, 0.2) is 42.5 Å². The smallest absolute Gasteiger partial charge is 0.337 e. The van der Waals surface area contributed by atoms with Gasteiger partial charge in [0.15, 0.2) is 11.5 Å². The fourth-order valence-corrected chi connectivity index (χ4v) is 8.36. The van der Waals surface area contributed by atoms with E-state index in [1.54, 1.807) is 31.3 Å². The molecule has 1 heterocycles. The summed E-state index contributed by atoms with van der Waals surface area (Å²) in [4.78, 5) is 56.6. The average Bonchev–Trinajstić information content (AvgIpc) is 3.28. The Labute approximate surface area is 246 Å². The predicted molar refractivity (Wildman–Crippen MR) is 154 cm³/mol. The number of anilines is 1. The van der Waals surface area contributed by atoms with Crippen molar-refractivity contribution in [1.29, 1.82) is 0 Å². The zero-order valence-electron chi connectivity index (χ0n) is 24.5. The number of carbonyl (C=O) groups is 4. The highest BCUT2D eigenvalue weighted by molar-refractivity contribution is 6.23. The van der Waals surface area contributed by atoms with Gasteiger partial charge in [-0.1, -0.05) is 6.07 Å². The largest absolute Gasteiger partial charge is 0.493 e. The Kier molecular flexibility index (Phi) is 7.45. The first-order valence-electron chi connectivity index (χ1n) is 14.8. The van der Waals surface area contributed by atoms with Crippen molar-refractivity contribution in [2.45, 2.75) is 57.4 Å². The molecule has 4 aliphatic carbocycles.